The van der Waals surface area contributed by atoms with Gasteiger partial charge in [-0.15, -0.1) is 0 Å². The number of hydrogen-bond acceptors (Lipinski definition) is 2. The second kappa shape index (κ2) is 7.53. The fourth-order valence-corrected chi connectivity index (χ4v) is 2.72. The molecular formula is C21H12F4N2O. The maximum Gasteiger partial charge on any atom is 0.417 e. The highest BCUT2D eigenvalue weighted by Crippen LogP contribution is 2.35. The summed E-state index contributed by atoms with van der Waals surface area (Å²) in [7, 11) is 0. The molecule has 0 radical (unpaired) electrons. The van der Waals surface area contributed by atoms with Crippen molar-refractivity contribution >= 4 is 11.6 Å². The van der Waals surface area contributed by atoms with E-state index in [1.807, 2.05) is 0 Å². The third kappa shape index (κ3) is 4.01. The molecule has 0 aliphatic heterocycles. The summed E-state index contributed by atoms with van der Waals surface area (Å²) in [6.07, 6.45) is -4.74. The van der Waals surface area contributed by atoms with Crippen LogP contribution >= 0.6 is 0 Å². The minimum Gasteiger partial charge on any atom is -0.322 e. The van der Waals surface area contributed by atoms with E-state index in [-0.39, 0.29) is 16.7 Å². The molecule has 0 saturated carbocycles. The zero-order valence-electron chi connectivity index (χ0n) is 14.2. The van der Waals surface area contributed by atoms with Crippen molar-refractivity contribution in [3.05, 3.63) is 89.2 Å². The summed E-state index contributed by atoms with van der Waals surface area (Å²) in [5, 5.41) is 11.5. The average molecular weight is 384 g/mol. The van der Waals surface area contributed by atoms with Gasteiger partial charge in [0, 0.05) is 5.69 Å². The summed E-state index contributed by atoms with van der Waals surface area (Å²) < 4.78 is 53.5. The molecule has 1 N–H and O–H groups in total. The molecule has 0 aromatic heterocycles. The number of nitrogens with one attached hydrogen (secondary N) is 1. The summed E-state index contributed by atoms with van der Waals surface area (Å²) in [6, 6.07) is 16.2. The van der Waals surface area contributed by atoms with Crippen LogP contribution in [0.5, 0.6) is 0 Å². The van der Waals surface area contributed by atoms with Gasteiger partial charge >= 0.3 is 6.18 Å². The second-order valence-corrected chi connectivity index (χ2v) is 5.88. The summed E-state index contributed by atoms with van der Waals surface area (Å²) >= 11 is 0. The number of nitrogens with zero attached hydrogens (tertiary/aromatic N) is 1. The monoisotopic (exact) mass is 384 g/mol. The Morgan fingerprint density at radius 1 is 0.964 bits per heavy atom. The van der Waals surface area contributed by atoms with Gasteiger partial charge in [0.25, 0.3) is 5.91 Å². The lowest BCUT2D eigenvalue weighted by Crippen LogP contribution is -2.14. The van der Waals surface area contributed by atoms with Crippen LogP contribution < -0.4 is 5.32 Å². The minimum atomic E-state index is -4.74. The number of amides is 1. The quantitative estimate of drug-likeness (QED) is 0.595. The van der Waals surface area contributed by atoms with Crippen molar-refractivity contribution in [1.82, 2.24) is 0 Å². The third-order valence-corrected chi connectivity index (χ3v) is 4.01. The number of para-hydroxylation sites is 1. The highest BCUT2D eigenvalue weighted by atomic mass is 19.4. The molecule has 3 aromatic carbocycles. The summed E-state index contributed by atoms with van der Waals surface area (Å²) in [6.45, 7) is 0. The lowest BCUT2D eigenvalue weighted by molar-refractivity contribution is -0.137. The van der Waals surface area contributed by atoms with Crippen LogP contribution in [0.15, 0.2) is 66.7 Å². The lowest BCUT2D eigenvalue weighted by atomic mass is 9.95. The number of benzene rings is 3. The van der Waals surface area contributed by atoms with Crippen LogP contribution in [0.25, 0.3) is 11.1 Å². The van der Waals surface area contributed by atoms with Gasteiger partial charge in [-0.2, -0.15) is 18.4 Å². The molecule has 0 bridgehead atoms. The number of hydrogen-bond donors (Lipinski definition) is 1. The number of carbonyl (C=O) groups is 1. The van der Waals surface area contributed by atoms with Crippen molar-refractivity contribution in [1.29, 1.82) is 5.26 Å². The molecule has 0 spiro atoms. The fraction of sp³-hybridized carbons (Fsp3) is 0.0476. The van der Waals surface area contributed by atoms with E-state index in [1.54, 1.807) is 30.3 Å². The van der Waals surface area contributed by atoms with Crippen molar-refractivity contribution in [3.8, 4) is 17.2 Å². The first kappa shape index (κ1) is 19.1. The Balaban J connectivity index is 2.09. The van der Waals surface area contributed by atoms with Crippen LogP contribution in [0.2, 0.25) is 0 Å². The minimum absolute atomic E-state index is 0.0459. The molecule has 28 heavy (non-hydrogen) atoms. The van der Waals surface area contributed by atoms with E-state index in [0.29, 0.717) is 5.69 Å². The van der Waals surface area contributed by atoms with E-state index < -0.39 is 29.0 Å². The summed E-state index contributed by atoms with van der Waals surface area (Å²) in [5.41, 5.74) is -1.16. The van der Waals surface area contributed by atoms with E-state index in [9.17, 15) is 22.4 Å². The SMILES string of the molecule is N#Cc1ccc(-c2ccc(F)cc2C(=O)Nc2ccccc2)cc1C(F)(F)F. The molecule has 0 fully saturated rings. The van der Waals surface area contributed by atoms with Gasteiger partial charge in [-0.25, -0.2) is 4.39 Å². The molecule has 0 atom stereocenters. The Labute approximate surface area is 157 Å². The van der Waals surface area contributed by atoms with Crippen LogP contribution in [0, 0.1) is 17.1 Å². The first-order valence-electron chi connectivity index (χ1n) is 8.07. The number of rotatable bonds is 3. The molecule has 0 saturated heterocycles. The van der Waals surface area contributed by atoms with Crippen molar-refractivity contribution < 1.29 is 22.4 Å². The standard InChI is InChI=1S/C21H12F4N2O/c22-15-8-9-17(13-6-7-14(12-26)19(10-13)21(23,24)25)18(11-15)20(28)27-16-4-2-1-3-5-16/h1-11H,(H,27,28). The molecule has 3 rings (SSSR count). The summed E-state index contributed by atoms with van der Waals surface area (Å²) in [5.74, 6) is -1.37. The van der Waals surface area contributed by atoms with Crippen LogP contribution in [0.3, 0.4) is 0 Å². The number of nitriles is 1. The fourth-order valence-electron chi connectivity index (χ4n) is 2.72. The Morgan fingerprint density at radius 3 is 2.32 bits per heavy atom. The van der Waals surface area contributed by atoms with Gasteiger partial charge in [0.05, 0.1) is 22.8 Å². The van der Waals surface area contributed by atoms with E-state index in [1.165, 1.54) is 18.2 Å². The van der Waals surface area contributed by atoms with Crippen molar-refractivity contribution in [2.75, 3.05) is 5.32 Å². The molecule has 3 nitrogen and oxygen atoms in total. The van der Waals surface area contributed by atoms with Crippen molar-refractivity contribution in [3.63, 3.8) is 0 Å². The molecular weight excluding hydrogens is 372 g/mol. The van der Waals surface area contributed by atoms with E-state index in [4.69, 9.17) is 5.26 Å². The Hall–Kier alpha value is -3.66. The summed E-state index contributed by atoms with van der Waals surface area (Å²) in [4.78, 5) is 12.6. The highest BCUT2D eigenvalue weighted by molar-refractivity contribution is 6.08. The number of alkyl halides is 3. The zero-order valence-corrected chi connectivity index (χ0v) is 14.2. The highest BCUT2D eigenvalue weighted by Gasteiger charge is 2.34. The number of carbonyl (C=O) groups excluding carboxylic acids is 1. The Bertz CT molecular complexity index is 1070. The van der Waals surface area contributed by atoms with E-state index in [2.05, 4.69) is 5.32 Å². The number of anilines is 1. The normalized spacial score (nSPS) is 11.0. The van der Waals surface area contributed by atoms with Crippen LogP contribution in [0.4, 0.5) is 23.2 Å². The predicted molar refractivity (Wildman–Crippen MR) is 95.9 cm³/mol. The van der Waals surface area contributed by atoms with E-state index in [0.717, 1.165) is 24.3 Å². The third-order valence-electron chi connectivity index (χ3n) is 4.01. The van der Waals surface area contributed by atoms with Gasteiger partial charge in [-0.3, -0.25) is 4.79 Å². The molecule has 0 aliphatic carbocycles. The van der Waals surface area contributed by atoms with Gasteiger partial charge in [-0.1, -0.05) is 30.3 Å². The van der Waals surface area contributed by atoms with Crippen molar-refractivity contribution in [2.45, 2.75) is 6.18 Å². The predicted octanol–water partition coefficient (Wildman–Crippen LogP) is 5.64. The maximum absolute atomic E-state index is 13.7. The smallest absolute Gasteiger partial charge is 0.322 e. The van der Waals surface area contributed by atoms with Gasteiger partial charge in [0.15, 0.2) is 0 Å². The zero-order chi connectivity index (χ0) is 20.3. The van der Waals surface area contributed by atoms with Gasteiger partial charge in [0.1, 0.15) is 5.82 Å². The Kier molecular flexibility index (Phi) is 5.14. The van der Waals surface area contributed by atoms with Gasteiger partial charge in [-0.05, 0) is 47.5 Å². The van der Waals surface area contributed by atoms with Crippen molar-refractivity contribution in [2.24, 2.45) is 0 Å². The first-order valence-corrected chi connectivity index (χ1v) is 8.07. The first-order chi connectivity index (χ1) is 13.3. The molecule has 1 amide bonds. The van der Waals surface area contributed by atoms with Gasteiger partial charge < -0.3 is 5.32 Å². The average Bonchev–Trinajstić information content (AvgIpc) is 2.67. The molecule has 0 aliphatic rings. The van der Waals surface area contributed by atoms with Crippen LogP contribution in [-0.2, 0) is 6.18 Å². The Morgan fingerprint density at radius 2 is 1.68 bits per heavy atom. The maximum atomic E-state index is 13.7. The van der Waals surface area contributed by atoms with Gasteiger partial charge in [0.2, 0.25) is 0 Å². The van der Waals surface area contributed by atoms with E-state index >= 15 is 0 Å². The topological polar surface area (TPSA) is 52.9 Å². The molecule has 140 valence electrons. The second-order valence-electron chi connectivity index (χ2n) is 5.88. The molecule has 7 heteroatoms. The lowest BCUT2D eigenvalue weighted by Gasteiger charge is -2.14. The van der Waals surface area contributed by atoms with Crippen LogP contribution in [0.1, 0.15) is 21.5 Å². The number of halogens is 4. The molecule has 0 unspecified atom stereocenters. The molecule has 3 aromatic rings. The van der Waals surface area contributed by atoms with Crippen LogP contribution in [-0.4, -0.2) is 5.91 Å². The largest absolute Gasteiger partial charge is 0.417 e. The molecule has 0 heterocycles.